The standard InChI is InChI=1S/C21H26N4/c1-16-12-17(2)25-15-20(23-21(25)22-16)14-24-10-8-19(9-11-24)13-18-6-4-3-5-7-18/h3-7,12,15,19H,8-11,13-14H2,1-2H3. The molecule has 2 aromatic heterocycles. The van der Waals surface area contributed by atoms with Crippen LogP contribution in [0.5, 0.6) is 0 Å². The van der Waals surface area contributed by atoms with Crippen LogP contribution in [0.1, 0.15) is 35.5 Å². The monoisotopic (exact) mass is 334 g/mol. The number of benzene rings is 1. The molecule has 130 valence electrons. The highest BCUT2D eigenvalue weighted by atomic mass is 15.2. The lowest BCUT2D eigenvalue weighted by atomic mass is 9.90. The van der Waals surface area contributed by atoms with Crippen molar-refractivity contribution in [2.24, 2.45) is 5.92 Å². The molecule has 0 aliphatic carbocycles. The average Bonchev–Trinajstić information content (AvgIpc) is 3.00. The van der Waals surface area contributed by atoms with Gasteiger partial charge >= 0.3 is 0 Å². The Morgan fingerprint density at radius 2 is 1.80 bits per heavy atom. The van der Waals surface area contributed by atoms with E-state index in [-0.39, 0.29) is 0 Å². The lowest BCUT2D eigenvalue weighted by molar-refractivity contribution is 0.175. The number of piperidine rings is 1. The Morgan fingerprint density at radius 3 is 2.56 bits per heavy atom. The minimum Gasteiger partial charge on any atom is -0.297 e. The molecule has 0 radical (unpaired) electrons. The fraction of sp³-hybridized carbons (Fsp3) is 0.429. The molecule has 1 saturated heterocycles. The quantitative estimate of drug-likeness (QED) is 0.728. The van der Waals surface area contributed by atoms with Crippen LogP contribution in [0, 0.1) is 19.8 Å². The van der Waals surface area contributed by atoms with Crippen LogP contribution in [-0.2, 0) is 13.0 Å². The minimum absolute atomic E-state index is 0.811. The highest BCUT2D eigenvalue weighted by Crippen LogP contribution is 2.23. The summed E-state index contributed by atoms with van der Waals surface area (Å²) in [6.45, 7) is 7.40. The molecule has 3 aromatic rings. The summed E-state index contributed by atoms with van der Waals surface area (Å²) >= 11 is 0. The molecule has 0 bridgehead atoms. The Balaban J connectivity index is 1.36. The number of nitrogens with zero attached hydrogens (tertiary/aromatic N) is 4. The van der Waals surface area contributed by atoms with E-state index < -0.39 is 0 Å². The van der Waals surface area contributed by atoms with E-state index in [0.29, 0.717) is 0 Å². The number of aryl methyl sites for hydroxylation is 2. The van der Waals surface area contributed by atoms with E-state index >= 15 is 0 Å². The zero-order valence-electron chi connectivity index (χ0n) is 15.2. The van der Waals surface area contributed by atoms with E-state index in [0.717, 1.165) is 42.7 Å². The second-order valence-electron chi connectivity index (χ2n) is 7.35. The van der Waals surface area contributed by atoms with Crippen molar-refractivity contribution in [1.82, 2.24) is 19.3 Å². The predicted octanol–water partition coefficient (Wildman–Crippen LogP) is 3.80. The summed E-state index contributed by atoms with van der Waals surface area (Å²) in [6.07, 6.45) is 5.91. The molecule has 4 nitrogen and oxygen atoms in total. The molecule has 3 heterocycles. The van der Waals surface area contributed by atoms with Gasteiger partial charge in [0.2, 0.25) is 5.78 Å². The van der Waals surface area contributed by atoms with Crippen LogP contribution in [-0.4, -0.2) is 32.4 Å². The van der Waals surface area contributed by atoms with E-state index in [4.69, 9.17) is 4.98 Å². The van der Waals surface area contributed by atoms with Crippen LogP contribution >= 0.6 is 0 Å². The third-order valence-corrected chi connectivity index (χ3v) is 5.27. The third kappa shape index (κ3) is 3.74. The summed E-state index contributed by atoms with van der Waals surface area (Å²) < 4.78 is 2.10. The van der Waals surface area contributed by atoms with Crippen LogP contribution in [0.15, 0.2) is 42.6 Å². The molecule has 0 spiro atoms. The largest absolute Gasteiger partial charge is 0.297 e. The summed E-state index contributed by atoms with van der Waals surface area (Å²) in [4.78, 5) is 11.8. The molecule has 1 aliphatic rings. The molecule has 4 rings (SSSR count). The van der Waals surface area contributed by atoms with Crippen molar-refractivity contribution in [3.05, 3.63) is 65.2 Å². The smallest absolute Gasteiger partial charge is 0.234 e. The zero-order valence-corrected chi connectivity index (χ0v) is 15.2. The second-order valence-corrected chi connectivity index (χ2v) is 7.35. The van der Waals surface area contributed by atoms with Crippen molar-refractivity contribution >= 4 is 5.78 Å². The van der Waals surface area contributed by atoms with Crippen molar-refractivity contribution in [2.75, 3.05) is 13.1 Å². The van der Waals surface area contributed by atoms with Crippen LogP contribution < -0.4 is 0 Å². The van der Waals surface area contributed by atoms with Crippen molar-refractivity contribution in [1.29, 1.82) is 0 Å². The third-order valence-electron chi connectivity index (χ3n) is 5.27. The number of fused-ring (bicyclic) bond motifs is 1. The fourth-order valence-electron chi connectivity index (χ4n) is 3.92. The summed E-state index contributed by atoms with van der Waals surface area (Å²) in [5.41, 5.74) is 4.83. The lowest BCUT2D eigenvalue weighted by Crippen LogP contribution is -2.33. The van der Waals surface area contributed by atoms with Gasteiger partial charge in [-0.2, -0.15) is 0 Å². The molecule has 0 N–H and O–H groups in total. The second kappa shape index (κ2) is 6.96. The summed E-state index contributed by atoms with van der Waals surface area (Å²) in [5.74, 6) is 1.64. The molecule has 1 aliphatic heterocycles. The first-order valence-corrected chi connectivity index (χ1v) is 9.26. The Morgan fingerprint density at radius 1 is 1.04 bits per heavy atom. The SMILES string of the molecule is Cc1cc(C)n2cc(CN3CCC(Cc4ccccc4)CC3)nc2n1. The van der Waals surface area contributed by atoms with Gasteiger partial charge in [0, 0.05) is 24.1 Å². The van der Waals surface area contributed by atoms with Gasteiger partial charge in [-0.15, -0.1) is 0 Å². The number of hydrogen-bond acceptors (Lipinski definition) is 3. The van der Waals surface area contributed by atoms with E-state index in [1.807, 2.05) is 6.92 Å². The van der Waals surface area contributed by atoms with Crippen LogP contribution in [0.4, 0.5) is 0 Å². The number of likely N-dealkylation sites (tertiary alicyclic amines) is 1. The van der Waals surface area contributed by atoms with Crippen LogP contribution in [0.2, 0.25) is 0 Å². The van der Waals surface area contributed by atoms with Gasteiger partial charge in [-0.1, -0.05) is 30.3 Å². The van der Waals surface area contributed by atoms with Gasteiger partial charge in [0.1, 0.15) is 0 Å². The van der Waals surface area contributed by atoms with Crippen molar-refractivity contribution in [3.8, 4) is 0 Å². The first kappa shape index (κ1) is 16.3. The summed E-state index contributed by atoms with van der Waals surface area (Å²) in [5, 5.41) is 0. The first-order valence-electron chi connectivity index (χ1n) is 9.26. The van der Waals surface area contributed by atoms with Gasteiger partial charge in [0.05, 0.1) is 5.69 Å². The normalized spacial score (nSPS) is 16.6. The van der Waals surface area contributed by atoms with Gasteiger partial charge in [0.15, 0.2) is 0 Å². The summed E-state index contributed by atoms with van der Waals surface area (Å²) in [6, 6.07) is 13.0. The number of aromatic nitrogens is 3. The molecule has 0 atom stereocenters. The summed E-state index contributed by atoms with van der Waals surface area (Å²) in [7, 11) is 0. The number of hydrogen-bond donors (Lipinski definition) is 0. The maximum atomic E-state index is 4.73. The minimum atomic E-state index is 0.811. The van der Waals surface area contributed by atoms with Gasteiger partial charge in [-0.3, -0.25) is 9.30 Å². The van der Waals surface area contributed by atoms with Crippen LogP contribution in [0.3, 0.4) is 0 Å². The Bertz CT molecular complexity index is 845. The molecule has 4 heteroatoms. The molecular formula is C21H26N4. The molecule has 1 fully saturated rings. The van der Waals surface area contributed by atoms with Gasteiger partial charge in [-0.05, 0) is 63.7 Å². The molecule has 0 unspecified atom stereocenters. The van der Waals surface area contributed by atoms with E-state index in [2.05, 4.69) is 63.8 Å². The van der Waals surface area contributed by atoms with Crippen molar-refractivity contribution < 1.29 is 0 Å². The maximum Gasteiger partial charge on any atom is 0.234 e. The topological polar surface area (TPSA) is 33.4 Å². The molecule has 1 aromatic carbocycles. The zero-order chi connectivity index (χ0) is 17.2. The van der Waals surface area contributed by atoms with Crippen molar-refractivity contribution in [2.45, 2.75) is 39.7 Å². The maximum absolute atomic E-state index is 4.73. The Hall–Kier alpha value is -2.20. The molecule has 25 heavy (non-hydrogen) atoms. The first-order chi connectivity index (χ1) is 12.2. The molecular weight excluding hydrogens is 308 g/mol. The highest BCUT2D eigenvalue weighted by Gasteiger charge is 2.20. The van der Waals surface area contributed by atoms with Gasteiger partial charge < -0.3 is 0 Å². The predicted molar refractivity (Wildman–Crippen MR) is 101 cm³/mol. The Labute approximate surface area is 149 Å². The number of rotatable bonds is 4. The van der Waals surface area contributed by atoms with E-state index in [1.165, 1.54) is 30.5 Å². The lowest BCUT2D eigenvalue weighted by Gasteiger charge is -2.31. The van der Waals surface area contributed by atoms with Gasteiger partial charge in [-0.25, -0.2) is 9.97 Å². The highest BCUT2D eigenvalue weighted by molar-refractivity contribution is 5.34. The van der Waals surface area contributed by atoms with Crippen LogP contribution in [0.25, 0.3) is 5.78 Å². The fourth-order valence-corrected chi connectivity index (χ4v) is 3.92. The molecule has 0 saturated carbocycles. The molecule has 0 amide bonds. The Kier molecular flexibility index (Phi) is 4.53. The van der Waals surface area contributed by atoms with Crippen molar-refractivity contribution in [3.63, 3.8) is 0 Å². The average molecular weight is 334 g/mol. The van der Waals surface area contributed by atoms with E-state index in [1.54, 1.807) is 0 Å². The van der Waals surface area contributed by atoms with E-state index in [9.17, 15) is 0 Å². The number of imidazole rings is 1. The van der Waals surface area contributed by atoms with Gasteiger partial charge in [0.25, 0.3) is 0 Å².